The summed E-state index contributed by atoms with van der Waals surface area (Å²) in [6, 6.07) is 17.4. The molecule has 0 atom stereocenters. The highest BCUT2D eigenvalue weighted by Gasteiger charge is 2.14. The summed E-state index contributed by atoms with van der Waals surface area (Å²) in [5, 5.41) is 6.46. The van der Waals surface area contributed by atoms with Crippen LogP contribution in [0.4, 0.5) is 11.5 Å². The molecular formula is C23H21N3O2S. The smallest absolute Gasteiger partial charge is 0.338 e. The fraction of sp³-hybridized carbons (Fsp3) is 0.174. The third-order valence-electron chi connectivity index (χ3n) is 4.39. The summed E-state index contributed by atoms with van der Waals surface area (Å²) in [4.78, 5) is 21.9. The molecule has 0 saturated carbocycles. The van der Waals surface area contributed by atoms with E-state index in [1.54, 1.807) is 29.8 Å². The van der Waals surface area contributed by atoms with E-state index in [2.05, 4.69) is 32.8 Å². The number of hydrogen-bond donors (Lipinski definition) is 1. The molecular weight excluding hydrogens is 382 g/mol. The number of esters is 1. The predicted octanol–water partition coefficient (Wildman–Crippen LogP) is 5.91. The van der Waals surface area contributed by atoms with Gasteiger partial charge in [0.15, 0.2) is 0 Å². The van der Waals surface area contributed by atoms with Gasteiger partial charge in [0.2, 0.25) is 0 Å². The molecule has 0 amide bonds. The van der Waals surface area contributed by atoms with Crippen molar-refractivity contribution in [2.45, 2.75) is 13.8 Å². The summed E-state index contributed by atoms with van der Waals surface area (Å²) in [7, 11) is 0. The third-order valence-corrected chi connectivity index (χ3v) is 5.27. The van der Waals surface area contributed by atoms with E-state index >= 15 is 0 Å². The van der Waals surface area contributed by atoms with Crippen molar-refractivity contribution < 1.29 is 9.53 Å². The molecule has 0 radical (unpaired) electrons. The quantitative estimate of drug-likeness (QED) is 0.405. The van der Waals surface area contributed by atoms with E-state index in [1.165, 1.54) is 0 Å². The number of thiophene rings is 1. The van der Waals surface area contributed by atoms with Crippen LogP contribution in [-0.4, -0.2) is 22.5 Å². The lowest BCUT2D eigenvalue weighted by Gasteiger charge is -2.10. The van der Waals surface area contributed by atoms with Gasteiger partial charge < -0.3 is 10.1 Å². The van der Waals surface area contributed by atoms with Crippen LogP contribution in [0.3, 0.4) is 0 Å². The zero-order chi connectivity index (χ0) is 20.2. The zero-order valence-electron chi connectivity index (χ0n) is 16.3. The Bertz CT molecular complexity index is 1120. The second-order valence-corrected chi connectivity index (χ2v) is 7.97. The highest BCUT2D eigenvalue weighted by Crippen LogP contribution is 2.37. The molecule has 0 unspecified atom stereocenters. The van der Waals surface area contributed by atoms with Crippen LogP contribution in [0.5, 0.6) is 0 Å². The monoisotopic (exact) mass is 403 g/mol. The standard InChI is InChI=1S/C23H21N3O2S/c1-15(2)12-28-23(27)17-8-10-18(11-9-17)26-21-20-19(16-6-4-3-5-7-16)13-29-22(20)25-14-24-21/h3-11,13-15H,12H2,1-2H3,(H,24,25,26). The van der Waals surface area contributed by atoms with Gasteiger partial charge >= 0.3 is 5.97 Å². The zero-order valence-corrected chi connectivity index (χ0v) is 17.1. The van der Waals surface area contributed by atoms with Crippen LogP contribution in [0.15, 0.2) is 66.3 Å². The number of fused-ring (bicyclic) bond motifs is 1. The van der Waals surface area contributed by atoms with E-state index in [0.29, 0.717) is 18.1 Å². The minimum atomic E-state index is -0.307. The van der Waals surface area contributed by atoms with Crippen molar-refractivity contribution in [1.82, 2.24) is 9.97 Å². The van der Waals surface area contributed by atoms with E-state index < -0.39 is 0 Å². The van der Waals surface area contributed by atoms with Crippen LogP contribution in [0.1, 0.15) is 24.2 Å². The Morgan fingerprint density at radius 3 is 2.55 bits per heavy atom. The Morgan fingerprint density at radius 1 is 1.07 bits per heavy atom. The first-order chi connectivity index (χ1) is 14.1. The maximum atomic E-state index is 12.1. The van der Waals surface area contributed by atoms with E-state index in [9.17, 15) is 4.79 Å². The molecule has 0 saturated heterocycles. The third kappa shape index (κ3) is 4.27. The normalized spacial score (nSPS) is 11.0. The molecule has 0 fully saturated rings. The molecule has 2 aromatic carbocycles. The van der Waals surface area contributed by atoms with E-state index in [-0.39, 0.29) is 5.97 Å². The Morgan fingerprint density at radius 2 is 1.83 bits per heavy atom. The minimum absolute atomic E-state index is 0.307. The van der Waals surface area contributed by atoms with Crippen molar-refractivity contribution in [2.75, 3.05) is 11.9 Å². The molecule has 4 rings (SSSR count). The lowest BCUT2D eigenvalue weighted by Crippen LogP contribution is -2.10. The van der Waals surface area contributed by atoms with Crippen LogP contribution in [0.2, 0.25) is 0 Å². The van der Waals surface area contributed by atoms with Gasteiger partial charge in [-0.2, -0.15) is 0 Å². The molecule has 2 aromatic heterocycles. The molecule has 4 aromatic rings. The first kappa shape index (κ1) is 19.1. The Labute approximate surface area is 173 Å². The van der Waals surface area contributed by atoms with Crippen molar-refractivity contribution in [3.05, 3.63) is 71.9 Å². The average Bonchev–Trinajstić information content (AvgIpc) is 3.18. The summed E-state index contributed by atoms with van der Waals surface area (Å²) in [6.07, 6.45) is 1.56. The second-order valence-electron chi connectivity index (χ2n) is 7.11. The van der Waals surface area contributed by atoms with Crippen molar-refractivity contribution in [3.63, 3.8) is 0 Å². The number of benzene rings is 2. The maximum Gasteiger partial charge on any atom is 0.338 e. The van der Waals surface area contributed by atoms with Crippen LogP contribution < -0.4 is 5.32 Å². The fourth-order valence-electron chi connectivity index (χ4n) is 2.95. The number of anilines is 2. The van der Waals surface area contributed by atoms with Gasteiger partial charge in [0.1, 0.15) is 17.0 Å². The number of rotatable bonds is 6. The number of carbonyl (C=O) groups is 1. The number of carbonyl (C=O) groups excluding carboxylic acids is 1. The Hall–Kier alpha value is -3.25. The molecule has 1 N–H and O–H groups in total. The second kappa shape index (κ2) is 8.41. The Balaban J connectivity index is 1.60. The highest BCUT2D eigenvalue weighted by atomic mass is 32.1. The molecule has 0 bridgehead atoms. The van der Waals surface area contributed by atoms with Crippen LogP contribution in [0.25, 0.3) is 21.3 Å². The molecule has 0 aliphatic heterocycles. The molecule has 0 aliphatic carbocycles. The highest BCUT2D eigenvalue weighted by molar-refractivity contribution is 7.17. The number of aromatic nitrogens is 2. The largest absolute Gasteiger partial charge is 0.462 e. The Kier molecular flexibility index (Phi) is 5.53. The SMILES string of the molecule is CC(C)COC(=O)c1ccc(Nc2ncnc3scc(-c4ccccc4)c23)cc1. The average molecular weight is 404 g/mol. The molecule has 146 valence electrons. The van der Waals surface area contributed by atoms with Gasteiger partial charge in [-0.3, -0.25) is 0 Å². The minimum Gasteiger partial charge on any atom is -0.462 e. The first-order valence-electron chi connectivity index (χ1n) is 9.43. The first-order valence-corrected chi connectivity index (χ1v) is 10.3. The topological polar surface area (TPSA) is 64.1 Å². The van der Waals surface area contributed by atoms with Crippen molar-refractivity contribution >= 4 is 39.0 Å². The van der Waals surface area contributed by atoms with Crippen molar-refractivity contribution in [2.24, 2.45) is 5.92 Å². The summed E-state index contributed by atoms with van der Waals surface area (Å²) < 4.78 is 5.28. The van der Waals surface area contributed by atoms with Crippen molar-refractivity contribution in [3.8, 4) is 11.1 Å². The van der Waals surface area contributed by atoms with E-state index in [0.717, 1.165) is 32.8 Å². The summed E-state index contributed by atoms with van der Waals surface area (Å²) in [6.45, 7) is 4.44. The summed E-state index contributed by atoms with van der Waals surface area (Å²) >= 11 is 1.60. The van der Waals surface area contributed by atoms with Crippen LogP contribution in [0, 0.1) is 5.92 Å². The summed E-state index contributed by atoms with van der Waals surface area (Å²) in [5.74, 6) is 0.744. The van der Waals surface area contributed by atoms with Gasteiger partial charge in [-0.15, -0.1) is 11.3 Å². The molecule has 29 heavy (non-hydrogen) atoms. The summed E-state index contributed by atoms with van der Waals surface area (Å²) in [5.41, 5.74) is 3.60. The fourth-order valence-corrected chi connectivity index (χ4v) is 3.87. The molecule has 0 aliphatic rings. The number of nitrogens with zero attached hydrogens (tertiary/aromatic N) is 2. The number of nitrogens with one attached hydrogen (secondary N) is 1. The van der Waals surface area contributed by atoms with Gasteiger partial charge in [-0.25, -0.2) is 14.8 Å². The molecule has 2 heterocycles. The van der Waals surface area contributed by atoms with E-state index in [4.69, 9.17) is 4.74 Å². The van der Waals surface area contributed by atoms with Gasteiger partial charge in [-0.1, -0.05) is 44.2 Å². The molecule has 0 spiro atoms. The number of ether oxygens (including phenoxy) is 1. The number of hydrogen-bond acceptors (Lipinski definition) is 6. The molecule has 6 heteroatoms. The molecule has 5 nitrogen and oxygen atoms in total. The van der Waals surface area contributed by atoms with Crippen molar-refractivity contribution in [1.29, 1.82) is 0 Å². The predicted molar refractivity (Wildman–Crippen MR) is 118 cm³/mol. The maximum absolute atomic E-state index is 12.1. The van der Waals surface area contributed by atoms with Gasteiger partial charge in [-0.05, 0) is 35.7 Å². The van der Waals surface area contributed by atoms with Gasteiger partial charge in [0, 0.05) is 16.6 Å². The van der Waals surface area contributed by atoms with E-state index in [1.807, 2.05) is 44.2 Å². The lowest BCUT2D eigenvalue weighted by atomic mass is 10.1. The van der Waals surface area contributed by atoms with Crippen LogP contribution in [-0.2, 0) is 4.74 Å². The van der Waals surface area contributed by atoms with Crippen LogP contribution >= 0.6 is 11.3 Å². The van der Waals surface area contributed by atoms with Gasteiger partial charge in [0.25, 0.3) is 0 Å². The van der Waals surface area contributed by atoms with Gasteiger partial charge in [0.05, 0.1) is 17.6 Å². The lowest BCUT2D eigenvalue weighted by molar-refractivity contribution is 0.0459.